The molecule has 1 saturated heterocycles. The molecule has 1 aromatic carbocycles. The van der Waals surface area contributed by atoms with Gasteiger partial charge in [0.05, 0.1) is 23.7 Å². The molecule has 1 N–H and O–H groups in total. The fourth-order valence-corrected chi connectivity index (χ4v) is 5.55. The van der Waals surface area contributed by atoms with Gasteiger partial charge in [-0.15, -0.1) is 11.3 Å². The molecule has 0 aliphatic carbocycles. The van der Waals surface area contributed by atoms with Crippen molar-refractivity contribution in [2.75, 3.05) is 13.1 Å². The first-order valence-corrected chi connectivity index (χ1v) is 12.3. The molecule has 1 amide bonds. The number of nitrogens with zero attached hydrogens (tertiary/aromatic N) is 3. The smallest absolute Gasteiger partial charge is 0.255 e. The molecule has 4 heterocycles. The predicted octanol–water partition coefficient (Wildman–Crippen LogP) is 3.69. The van der Waals surface area contributed by atoms with Crippen LogP contribution in [0.15, 0.2) is 52.6 Å². The zero-order valence-corrected chi connectivity index (χ0v) is 18.9. The largest absolute Gasteiger partial charge is 0.332 e. The Morgan fingerprint density at radius 3 is 2.81 bits per heavy atom. The number of piperidine rings is 1. The van der Waals surface area contributed by atoms with Gasteiger partial charge >= 0.3 is 0 Å². The molecule has 5 rings (SSSR count). The summed E-state index contributed by atoms with van der Waals surface area (Å²) < 4.78 is 0. The Balaban J connectivity index is 1.35. The van der Waals surface area contributed by atoms with Crippen LogP contribution >= 0.6 is 11.3 Å². The Morgan fingerprint density at radius 1 is 1.12 bits per heavy atom. The maximum absolute atomic E-state index is 13.1. The average molecular weight is 449 g/mol. The first kappa shape index (κ1) is 21.1. The first-order valence-electron chi connectivity index (χ1n) is 11.4. The Hall–Kier alpha value is -2.77. The third kappa shape index (κ3) is 4.54. The molecule has 7 heteroatoms. The minimum absolute atomic E-state index is 0.0538. The maximum atomic E-state index is 13.1. The minimum atomic E-state index is -0.151. The average Bonchev–Trinajstić information content (AvgIpc) is 3.33. The summed E-state index contributed by atoms with van der Waals surface area (Å²) in [5.74, 6) is 0.755. The highest BCUT2D eigenvalue weighted by Gasteiger charge is 2.31. The summed E-state index contributed by atoms with van der Waals surface area (Å²) in [5.41, 5.74) is 2.63. The van der Waals surface area contributed by atoms with Crippen molar-refractivity contribution in [3.8, 4) is 0 Å². The number of amides is 1. The topological polar surface area (TPSA) is 69.3 Å². The van der Waals surface area contributed by atoms with Gasteiger partial charge in [0, 0.05) is 37.5 Å². The lowest BCUT2D eigenvalue weighted by molar-refractivity contribution is -0.134. The first-order chi connectivity index (χ1) is 15.7. The second-order valence-corrected chi connectivity index (χ2v) is 9.71. The van der Waals surface area contributed by atoms with Crippen LogP contribution in [0.5, 0.6) is 0 Å². The second-order valence-electron chi connectivity index (χ2n) is 8.68. The van der Waals surface area contributed by atoms with Crippen molar-refractivity contribution in [2.45, 2.75) is 51.2 Å². The molecule has 0 radical (unpaired) electrons. The van der Waals surface area contributed by atoms with Gasteiger partial charge in [-0.3, -0.25) is 14.5 Å². The molecule has 0 saturated carbocycles. The van der Waals surface area contributed by atoms with Gasteiger partial charge < -0.3 is 9.88 Å². The normalized spacial score (nSPS) is 19.0. The van der Waals surface area contributed by atoms with E-state index in [1.165, 1.54) is 4.88 Å². The van der Waals surface area contributed by atoms with Gasteiger partial charge in [0.1, 0.15) is 5.82 Å². The number of rotatable bonds is 5. The Morgan fingerprint density at radius 2 is 2.00 bits per heavy atom. The number of carbonyl (C=O) groups is 1. The molecule has 2 aliphatic rings. The van der Waals surface area contributed by atoms with E-state index in [1.807, 2.05) is 35.2 Å². The van der Waals surface area contributed by atoms with Crippen LogP contribution in [0.4, 0.5) is 0 Å². The van der Waals surface area contributed by atoms with Crippen LogP contribution in [-0.4, -0.2) is 38.8 Å². The fraction of sp³-hybridized carbons (Fsp3) is 0.400. The van der Waals surface area contributed by atoms with Crippen LogP contribution in [0, 0.1) is 0 Å². The molecule has 0 bridgehead atoms. The van der Waals surface area contributed by atoms with Crippen LogP contribution in [0.2, 0.25) is 0 Å². The molecule has 6 nitrogen and oxygen atoms in total. The molecule has 32 heavy (non-hydrogen) atoms. The van der Waals surface area contributed by atoms with E-state index in [2.05, 4.69) is 27.4 Å². The van der Waals surface area contributed by atoms with E-state index in [-0.39, 0.29) is 17.5 Å². The van der Waals surface area contributed by atoms with Crippen molar-refractivity contribution >= 4 is 17.2 Å². The number of carbonyl (C=O) groups excluding carboxylic acids is 1. The van der Waals surface area contributed by atoms with Gasteiger partial charge in [-0.1, -0.05) is 36.4 Å². The van der Waals surface area contributed by atoms with Crippen LogP contribution in [0.1, 0.15) is 52.8 Å². The Labute approximate surface area is 191 Å². The van der Waals surface area contributed by atoms with E-state index in [0.29, 0.717) is 25.3 Å². The van der Waals surface area contributed by atoms with Gasteiger partial charge in [0.2, 0.25) is 5.91 Å². The van der Waals surface area contributed by atoms with Crippen molar-refractivity contribution in [2.24, 2.45) is 0 Å². The van der Waals surface area contributed by atoms with Gasteiger partial charge in [0.25, 0.3) is 5.56 Å². The molecular weight excluding hydrogens is 420 g/mol. The molecular formula is C25H28N4O2S. The molecule has 0 unspecified atom stereocenters. The number of aromatic nitrogens is 2. The third-order valence-electron chi connectivity index (χ3n) is 6.46. The van der Waals surface area contributed by atoms with Crippen LogP contribution in [-0.2, 0) is 30.7 Å². The Kier molecular flexibility index (Phi) is 6.19. The number of hydrogen-bond donors (Lipinski definition) is 1. The van der Waals surface area contributed by atoms with Crippen molar-refractivity contribution in [1.82, 2.24) is 19.8 Å². The monoisotopic (exact) mass is 448 g/mol. The number of nitrogens with one attached hydrogen (secondary N) is 1. The molecule has 2 aromatic heterocycles. The third-order valence-corrected chi connectivity index (χ3v) is 7.32. The van der Waals surface area contributed by atoms with E-state index in [1.54, 1.807) is 11.3 Å². The SMILES string of the molecule is O=C(Cc1ccccc1)N1CCCC[C@H]1c1nc2c(c(=O)[nH]1)CN(Cc1cccs1)CC2. The lowest BCUT2D eigenvalue weighted by Gasteiger charge is -2.36. The summed E-state index contributed by atoms with van der Waals surface area (Å²) in [7, 11) is 0. The highest BCUT2D eigenvalue weighted by atomic mass is 32.1. The summed E-state index contributed by atoms with van der Waals surface area (Å²) in [6.45, 7) is 3.09. The maximum Gasteiger partial charge on any atom is 0.255 e. The molecule has 0 spiro atoms. The molecule has 1 fully saturated rings. The number of aromatic amines is 1. The summed E-state index contributed by atoms with van der Waals surface area (Å²) in [6, 6.07) is 13.9. The van der Waals surface area contributed by atoms with Crippen molar-refractivity contribution in [1.29, 1.82) is 0 Å². The van der Waals surface area contributed by atoms with Gasteiger partial charge in [-0.05, 0) is 36.3 Å². The van der Waals surface area contributed by atoms with Gasteiger partial charge in [0.15, 0.2) is 0 Å². The summed E-state index contributed by atoms with van der Waals surface area (Å²) in [6.07, 6.45) is 4.01. The second kappa shape index (κ2) is 9.38. The van der Waals surface area contributed by atoms with Crippen molar-refractivity contribution < 1.29 is 4.79 Å². The summed E-state index contributed by atoms with van der Waals surface area (Å²) in [4.78, 5) is 39.6. The van der Waals surface area contributed by atoms with Crippen LogP contribution in [0.3, 0.4) is 0 Å². The van der Waals surface area contributed by atoms with Crippen LogP contribution < -0.4 is 5.56 Å². The van der Waals surface area contributed by atoms with E-state index in [9.17, 15) is 9.59 Å². The fourth-order valence-electron chi connectivity index (χ4n) is 4.80. The summed E-state index contributed by atoms with van der Waals surface area (Å²) >= 11 is 1.75. The summed E-state index contributed by atoms with van der Waals surface area (Å²) in [5, 5.41) is 2.09. The number of benzene rings is 1. The van der Waals surface area contributed by atoms with E-state index < -0.39 is 0 Å². The molecule has 2 aliphatic heterocycles. The Bertz CT molecular complexity index is 1130. The zero-order chi connectivity index (χ0) is 21.9. The number of likely N-dealkylation sites (tertiary alicyclic amines) is 1. The standard InChI is InChI=1S/C25H28N4O2S/c30-23(15-18-7-2-1-3-8-18)29-12-5-4-10-22(29)24-26-21-11-13-28(16-19-9-6-14-32-19)17-20(21)25(31)27-24/h1-3,6-9,14,22H,4-5,10-13,15-17H2,(H,26,27,31)/t22-/m0/s1. The van der Waals surface area contributed by atoms with Crippen molar-refractivity contribution in [3.05, 3.63) is 85.7 Å². The molecule has 3 aromatic rings. The highest BCUT2D eigenvalue weighted by molar-refractivity contribution is 7.09. The van der Waals surface area contributed by atoms with Gasteiger partial charge in [-0.2, -0.15) is 0 Å². The van der Waals surface area contributed by atoms with E-state index in [0.717, 1.165) is 55.6 Å². The van der Waals surface area contributed by atoms with E-state index in [4.69, 9.17) is 4.98 Å². The number of H-pyrrole nitrogens is 1. The molecule has 1 atom stereocenters. The van der Waals surface area contributed by atoms with Crippen molar-refractivity contribution in [3.63, 3.8) is 0 Å². The molecule has 166 valence electrons. The highest BCUT2D eigenvalue weighted by Crippen LogP contribution is 2.30. The lowest BCUT2D eigenvalue weighted by Crippen LogP contribution is -2.42. The lowest BCUT2D eigenvalue weighted by atomic mass is 9.99. The number of thiophene rings is 1. The predicted molar refractivity (Wildman–Crippen MR) is 125 cm³/mol. The minimum Gasteiger partial charge on any atom is -0.332 e. The van der Waals surface area contributed by atoms with Gasteiger partial charge in [-0.25, -0.2) is 4.98 Å². The quantitative estimate of drug-likeness (QED) is 0.646. The van der Waals surface area contributed by atoms with E-state index >= 15 is 0 Å². The number of hydrogen-bond acceptors (Lipinski definition) is 5. The zero-order valence-electron chi connectivity index (χ0n) is 18.1. The number of fused-ring (bicyclic) bond motifs is 1. The van der Waals surface area contributed by atoms with Crippen LogP contribution in [0.25, 0.3) is 0 Å².